The summed E-state index contributed by atoms with van der Waals surface area (Å²) in [4.78, 5) is 18.8. The van der Waals surface area contributed by atoms with E-state index in [0.29, 0.717) is 18.0 Å². The number of benzene rings is 1. The van der Waals surface area contributed by atoms with Crippen LogP contribution in [0.1, 0.15) is 24.3 Å². The molecule has 25 heavy (non-hydrogen) atoms. The second kappa shape index (κ2) is 9.61. The van der Waals surface area contributed by atoms with Gasteiger partial charge < -0.3 is 15.0 Å². The molecule has 2 atom stereocenters. The molecule has 2 unspecified atom stereocenters. The summed E-state index contributed by atoms with van der Waals surface area (Å²) in [5, 5.41) is 3.37. The number of carbonyl (C=O) groups is 1. The van der Waals surface area contributed by atoms with Gasteiger partial charge in [-0.1, -0.05) is 18.2 Å². The predicted octanol–water partition coefficient (Wildman–Crippen LogP) is 3.54. The number of carbonyl (C=O) groups excluding carboxylic acids is 1. The first-order chi connectivity index (χ1) is 11.1. The number of amides is 1. The number of aromatic nitrogens is 1. The Kier molecular flexibility index (Phi) is 8.16. The molecule has 1 saturated heterocycles. The van der Waals surface area contributed by atoms with Gasteiger partial charge in [-0.05, 0) is 32.0 Å². The van der Waals surface area contributed by atoms with E-state index in [9.17, 15) is 4.79 Å². The summed E-state index contributed by atoms with van der Waals surface area (Å²) in [7, 11) is 0. The molecule has 1 N–H and O–H groups in total. The molecule has 0 saturated carbocycles. The van der Waals surface area contributed by atoms with Crippen molar-refractivity contribution < 1.29 is 9.53 Å². The van der Waals surface area contributed by atoms with Crippen molar-refractivity contribution in [3.05, 3.63) is 54.4 Å². The molecular weight excluding hydrogens is 361 g/mol. The number of rotatable bonds is 3. The zero-order valence-electron chi connectivity index (χ0n) is 14.2. The lowest BCUT2D eigenvalue weighted by Gasteiger charge is -2.38. The molecule has 1 fully saturated rings. The Morgan fingerprint density at radius 3 is 2.60 bits per heavy atom. The average molecular weight is 384 g/mol. The van der Waals surface area contributed by atoms with Gasteiger partial charge in [0.25, 0.3) is 5.91 Å². The lowest BCUT2D eigenvalue weighted by molar-refractivity contribution is 0.0596. The van der Waals surface area contributed by atoms with Crippen molar-refractivity contribution in [2.24, 2.45) is 0 Å². The molecule has 1 aliphatic rings. The Morgan fingerprint density at radius 2 is 1.88 bits per heavy atom. The van der Waals surface area contributed by atoms with Gasteiger partial charge in [-0.3, -0.25) is 9.78 Å². The van der Waals surface area contributed by atoms with Gasteiger partial charge in [0, 0.05) is 37.4 Å². The molecule has 7 heteroatoms. The highest BCUT2D eigenvalue weighted by atomic mass is 35.5. The standard InChI is InChI=1S/C18H21N3O2.2ClH/c1-13-14(2)21(11-10-19-13)18(22)17-12-16(8-9-20-17)23-15-6-4-3-5-7-15;;/h3-9,12-14,19H,10-11H2,1-2H3;2*1H. The van der Waals surface area contributed by atoms with Crippen LogP contribution in [0.15, 0.2) is 48.7 Å². The Labute approximate surface area is 160 Å². The van der Waals surface area contributed by atoms with Gasteiger partial charge in [-0.15, -0.1) is 24.8 Å². The van der Waals surface area contributed by atoms with Crippen molar-refractivity contribution >= 4 is 30.7 Å². The van der Waals surface area contributed by atoms with Crippen molar-refractivity contribution in [2.45, 2.75) is 25.9 Å². The van der Waals surface area contributed by atoms with Crippen molar-refractivity contribution in [2.75, 3.05) is 13.1 Å². The van der Waals surface area contributed by atoms with Gasteiger partial charge in [0.05, 0.1) is 0 Å². The quantitative estimate of drug-likeness (QED) is 0.880. The fourth-order valence-electron chi connectivity index (χ4n) is 2.71. The molecule has 0 aliphatic carbocycles. The highest BCUT2D eigenvalue weighted by Gasteiger charge is 2.29. The fourth-order valence-corrected chi connectivity index (χ4v) is 2.71. The highest BCUT2D eigenvalue weighted by Crippen LogP contribution is 2.22. The minimum Gasteiger partial charge on any atom is -0.457 e. The van der Waals surface area contributed by atoms with E-state index < -0.39 is 0 Å². The maximum atomic E-state index is 12.7. The molecule has 3 rings (SSSR count). The number of halogens is 2. The lowest BCUT2D eigenvalue weighted by Crippen LogP contribution is -2.57. The average Bonchev–Trinajstić information content (AvgIpc) is 2.58. The van der Waals surface area contributed by atoms with E-state index in [0.717, 1.165) is 12.3 Å². The molecular formula is C18H23Cl2N3O2. The SMILES string of the molecule is CC1NCCN(C(=O)c2cc(Oc3ccccc3)ccn2)C1C.Cl.Cl. The van der Waals surface area contributed by atoms with E-state index in [1.165, 1.54) is 0 Å². The van der Waals surface area contributed by atoms with Gasteiger partial charge >= 0.3 is 0 Å². The summed E-state index contributed by atoms with van der Waals surface area (Å²) in [6.07, 6.45) is 1.61. The topological polar surface area (TPSA) is 54.5 Å². The van der Waals surface area contributed by atoms with E-state index in [1.54, 1.807) is 18.3 Å². The van der Waals surface area contributed by atoms with Crippen molar-refractivity contribution in [1.82, 2.24) is 15.2 Å². The van der Waals surface area contributed by atoms with E-state index in [-0.39, 0.29) is 42.8 Å². The number of hydrogen-bond donors (Lipinski definition) is 1. The summed E-state index contributed by atoms with van der Waals surface area (Å²) >= 11 is 0. The van der Waals surface area contributed by atoms with E-state index in [2.05, 4.69) is 24.1 Å². The Balaban J connectivity index is 0.00000156. The van der Waals surface area contributed by atoms with Crippen molar-refractivity contribution in [3.63, 3.8) is 0 Å². The molecule has 0 spiro atoms. The van der Waals surface area contributed by atoms with Crippen LogP contribution in [-0.4, -0.2) is 41.0 Å². The summed E-state index contributed by atoms with van der Waals surface area (Å²) in [5.74, 6) is 1.30. The van der Waals surface area contributed by atoms with Crippen molar-refractivity contribution in [1.29, 1.82) is 0 Å². The Morgan fingerprint density at radius 1 is 1.16 bits per heavy atom. The van der Waals surface area contributed by atoms with Gasteiger partial charge in [0.15, 0.2) is 0 Å². The first-order valence-electron chi connectivity index (χ1n) is 7.88. The molecule has 2 heterocycles. The number of piperazine rings is 1. The minimum atomic E-state index is -0.0515. The summed E-state index contributed by atoms with van der Waals surface area (Å²) in [5.41, 5.74) is 0.416. The van der Waals surface area contributed by atoms with Gasteiger partial charge in [0.2, 0.25) is 0 Å². The van der Waals surface area contributed by atoms with Gasteiger partial charge in [-0.2, -0.15) is 0 Å². The van der Waals surface area contributed by atoms with Crippen molar-refractivity contribution in [3.8, 4) is 11.5 Å². The molecule has 1 amide bonds. The van der Waals surface area contributed by atoms with Crippen LogP contribution in [0, 0.1) is 0 Å². The summed E-state index contributed by atoms with van der Waals surface area (Å²) in [6, 6.07) is 13.4. The molecule has 2 aromatic rings. The van der Waals surface area contributed by atoms with Crippen LogP contribution in [0.3, 0.4) is 0 Å². The lowest BCUT2D eigenvalue weighted by atomic mass is 10.1. The summed E-state index contributed by atoms with van der Waals surface area (Å²) in [6.45, 7) is 5.64. The molecule has 136 valence electrons. The van der Waals surface area contributed by atoms with Crippen LogP contribution in [0.2, 0.25) is 0 Å². The normalized spacial score (nSPS) is 19.4. The minimum absolute atomic E-state index is 0. The molecule has 1 aromatic carbocycles. The zero-order chi connectivity index (χ0) is 16.2. The largest absolute Gasteiger partial charge is 0.457 e. The van der Waals surface area contributed by atoms with E-state index >= 15 is 0 Å². The van der Waals surface area contributed by atoms with Gasteiger partial charge in [-0.25, -0.2) is 0 Å². The van der Waals surface area contributed by atoms with E-state index in [4.69, 9.17) is 4.74 Å². The third-order valence-electron chi connectivity index (χ3n) is 4.22. The fraction of sp³-hybridized carbons (Fsp3) is 0.333. The van der Waals surface area contributed by atoms with Crippen LogP contribution in [0.4, 0.5) is 0 Å². The second-order valence-electron chi connectivity index (χ2n) is 5.77. The van der Waals surface area contributed by atoms with Crippen LogP contribution in [-0.2, 0) is 0 Å². The maximum absolute atomic E-state index is 12.7. The number of nitrogens with zero attached hydrogens (tertiary/aromatic N) is 2. The maximum Gasteiger partial charge on any atom is 0.272 e. The number of para-hydroxylation sites is 1. The Hall–Kier alpha value is -1.82. The second-order valence-corrected chi connectivity index (χ2v) is 5.77. The number of nitrogens with one attached hydrogen (secondary N) is 1. The monoisotopic (exact) mass is 383 g/mol. The molecule has 0 bridgehead atoms. The van der Waals surface area contributed by atoms with E-state index in [1.807, 2.05) is 35.2 Å². The van der Waals surface area contributed by atoms with Crippen LogP contribution in [0.5, 0.6) is 11.5 Å². The number of hydrogen-bond acceptors (Lipinski definition) is 4. The smallest absolute Gasteiger partial charge is 0.272 e. The third kappa shape index (κ3) is 5.08. The zero-order valence-corrected chi connectivity index (χ0v) is 15.8. The molecule has 1 aromatic heterocycles. The number of ether oxygens (including phenoxy) is 1. The predicted molar refractivity (Wildman–Crippen MR) is 103 cm³/mol. The third-order valence-corrected chi connectivity index (χ3v) is 4.22. The highest BCUT2D eigenvalue weighted by molar-refractivity contribution is 5.93. The van der Waals surface area contributed by atoms with Crippen LogP contribution in [0.25, 0.3) is 0 Å². The van der Waals surface area contributed by atoms with Crippen LogP contribution >= 0.6 is 24.8 Å². The Bertz CT molecular complexity index is 685. The molecule has 1 aliphatic heterocycles. The summed E-state index contributed by atoms with van der Waals surface area (Å²) < 4.78 is 5.78. The van der Waals surface area contributed by atoms with Gasteiger partial charge in [0.1, 0.15) is 17.2 Å². The number of pyridine rings is 1. The molecule has 5 nitrogen and oxygen atoms in total. The van der Waals surface area contributed by atoms with Crippen LogP contribution < -0.4 is 10.1 Å². The first-order valence-corrected chi connectivity index (χ1v) is 7.88. The molecule has 0 radical (unpaired) electrons. The first kappa shape index (κ1) is 21.2.